The summed E-state index contributed by atoms with van der Waals surface area (Å²) in [6, 6.07) is 1.96. The quantitative estimate of drug-likeness (QED) is 0.858. The van der Waals surface area contributed by atoms with Crippen molar-refractivity contribution in [2.24, 2.45) is 0 Å². The van der Waals surface area contributed by atoms with Crippen molar-refractivity contribution in [3.05, 3.63) is 17.6 Å². The van der Waals surface area contributed by atoms with Crippen molar-refractivity contribution in [1.29, 1.82) is 0 Å². The number of carbonyl (C=O) groups excluding carboxylic acids is 1. The van der Waals surface area contributed by atoms with Crippen molar-refractivity contribution in [2.75, 3.05) is 25.5 Å². The van der Waals surface area contributed by atoms with Crippen LogP contribution in [0.25, 0.3) is 0 Å². The second kappa shape index (κ2) is 6.63. The minimum absolute atomic E-state index is 0.0927. The van der Waals surface area contributed by atoms with Gasteiger partial charge in [-0.1, -0.05) is 27.7 Å². The van der Waals surface area contributed by atoms with Gasteiger partial charge >= 0.3 is 0 Å². The van der Waals surface area contributed by atoms with E-state index in [2.05, 4.69) is 43.6 Å². The van der Waals surface area contributed by atoms with Crippen molar-refractivity contribution in [1.82, 2.24) is 14.9 Å². The molecule has 0 radical (unpaired) electrons. The highest BCUT2D eigenvalue weighted by Crippen LogP contribution is 2.28. The molecule has 0 saturated carbocycles. The predicted molar refractivity (Wildman–Crippen MR) is 89.3 cm³/mol. The predicted octanol–water partition coefficient (Wildman–Crippen LogP) is 2.78. The zero-order valence-electron chi connectivity index (χ0n) is 14.6. The Bertz CT molecular complexity index is 513. The fourth-order valence-corrected chi connectivity index (χ4v) is 2.77. The van der Waals surface area contributed by atoms with E-state index in [-0.39, 0.29) is 17.9 Å². The van der Waals surface area contributed by atoms with Crippen LogP contribution in [0.2, 0.25) is 0 Å². The molecule has 5 heteroatoms. The van der Waals surface area contributed by atoms with Crippen LogP contribution in [0, 0.1) is 0 Å². The number of nitrogens with zero attached hydrogens (tertiary/aromatic N) is 4. The summed E-state index contributed by atoms with van der Waals surface area (Å²) in [5.74, 6) is 2.56. The summed E-state index contributed by atoms with van der Waals surface area (Å²) in [5, 5.41) is 0. The maximum absolute atomic E-state index is 12.4. The highest BCUT2D eigenvalue weighted by atomic mass is 16.2. The van der Waals surface area contributed by atoms with Gasteiger partial charge in [0.05, 0.1) is 0 Å². The third-order valence-corrected chi connectivity index (χ3v) is 4.13. The van der Waals surface area contributed by atoms with Crippen LogP contribution in [-0.2, 0) is 4.79 Å². The van der Waals surface area contributed by atoms with Gasteiger partial charge in [-0.05, 0) is 18.8 Å². The van der Waals surface area contributed by atoms with E-state index in [4.69, 9.17) is 4.98 Å². The molecule has 1 unspecified atom stereocenters. The van der Waals surface area contributed by atoms with Crippen LogP contribution < -0.4 is 4.90 Å². The Morgan fingerprint density at radius 3 is 2.45 bits per heavy atom. The molecule has 0 bridgehead atoms. The van der Waals surface area contributed by atoms with Gasteiger partial charge in [0, 0.05) is 38.3 Å². The normalized spacial score (nSPS) is 18.4. The maximum atomic E-state index is 12.4. The molecule has 0 aromatic carbocycles. The molecule has 2 heterocycles. The van der Waals surface area contributed by atoms with Crippen molar-refractivity contribution in [3.63, 3.8) is 0 Å². The standard InChI is InChI=1S/C17H28N4O/c1-11(2)13-10-15(19-16(18-13)12(3)4)21-9-7-8-14(21)17(22)20(5)6/h10-12,14H,7-9H2,1-6H3. The maximum Gasteiger partial charge on any atom is 0.244 e. The van der Waals surface area contributed by atoms with Crippen LogP contribution in [0.1, 0.15) is 63.9 Å². The lowest BCUT2D eigenvalue weighted by Gasteiger charge is -2.28. The monoisotopic (exact) mass is 304 g/mol. The van der Waals surface area contributed by atoms with Crippen molar-refractivity contribution in [3.8, 4) is 0 Å². The minimum atomic E-state index is -0.0927. The lowest BCUT2D eigenvalue weighted by molar-refractivity contribution is -0.129. The van der Waals surface area contributed by atoms with Crippen LogP contribution in [0.3, 0.4) is 0 Å². The first-order valence-corrected chi connectivity index (χ1v) is 8.18. The summed E-state index contributed by atoms with van der Waals surface area (Å²) in [5.41, 5.74) is 1.05. The summed E-state index contributed by atoms with van der Waals surface area (Å²) >= 11 is 0. The van der Waals surface area contributed by atoms with Gasteiger partial charge in [0.2, 0.25) is 5.91 Å². The molecule has 1 atom stereocenters. The van der Waals surface area contributed by atoms with Crippen molar-refractivity contribution in [2.45, 2.75) is 58.4 Å². The van der Waals surface area contributed by atoms with Crippen LogP contribution >= 0.6 is 0 Å². The Kier molecular flexibility index (Phi) is 5.04. The molecule has 122 valence electrons. The van der Waals surface area contributed by atoms with Gasteiger partial charge in [0.25, 0.3) is 0 Å². The molecule has 1 aliphatic heterocycles. The van der Waals surface area contributed by atoms with Gasteiger partial charge in [0.15, 0.2) is 0 Å². The molecule has 1 aromatic rings. The van der Waals surface area contributed by atoms with Crippen LogP contribution in [0.5, 0.6) is 0 Å². The van der Waals surface area contributed by atoms with E-state index in [1.807, 2.05) is 14.1 Å². The Labute approximate surface area is 133 Å². The molecule has 1 saturated heterocycles. The molecule has 0 N–H and O–H groups in total. The molecule has 5 nitrogen and oxygen atoms in total. The number of aromatic nitrogens is 2. The van der Waals surface area contributed by atoms with Crippen LogP contribution in [-0.4, -0.2) is 47.5 Å². The number of anilines is 1. The van der Waals surface area contributed by atoms with E-state index in [1.54, 1.807) is 4.90 Å². The summed E-state index contributed by atoms with van der Waals surface area (Å²) in [6.07, 6.45) is 1.93. The fraction of sp³-hybridized carbons (Fsp3) is 0.706. The van der Waals surface area contributed by atoms with Crippen LogP contribution in [0.4, 0.5) is 5.82 Å². The van der Waals surface area contributed by atoms with Gasteiger partial charge in [-0.25, -0.2) is 9.97 Å². The fourth-order valence-electron chi connectivity index (χ4n) is 2.77. The number of hydrogen-bond donors (Lipinski definition) is 0. The first kappa shape index (κ1) is 16.7. The van der Waals surface area contributed by atoms with Gasteiger partial charge in [0.1, 0.15) is 17.7 Å². The number of hydrogen-bond acceptors (Lipinski definition) is 4. The molecule has 1 amide bonds. The first-order valence-electron chi connectivity index (χ1n) is 8.18. The minimum Gasteiger partial charge on any atom is -0.347 e. The molecule has 1 fully saturated rings. The topological polar surface area (TPSA) is 49.3 Å². The molecule has 1 aliphatic rings. The average molecular weight is 304 g/mol. The SMILES string of the molecule is CC(C)c1cc(N2CCCC2C(=O)N(C)C)nc(C(C)C)n1. The molecule has 2 rings (SSSR count). The Morgan fingerprint density at radius 2 is 1.91 bits per heavy atom. The van der Waals surface area contributed by atoms with Crippen molar-refractivity contribution >= 4 is 11.7 Å². The molecule has 22 heavy (non-hydrogen) atoms. The molecular weight excluding hydrogens is 276 g/mol. The summed E-state index contributed by atoms with van der Waals surface area (Å²) in [7, 11) is 3.63. The zero-order chi connectivity index (χ0) is 16.4. The smallest absolute Gasteiger partial charge is 0.244 e. The lowest BCUT2D eigenvalue weighted by atomic mass is 10.1. The lowest BCUT2D eigenvalue weighted by Crippen LogP contribution is -2.43. The largest absolute Gasteiger partial charge is 0.347 e. The molecule has 1 aromatic heterocycles. The van der Waals surface area contributed by atoms with E-state index >= 15 is 0 Å². The van der Waals surface area contributed by atoms with E-state index < -0.39 is 0 Å². The van der Waals surface area contributed by atoms with Crippen molar-refractivity contribution < 1.29 is 4.79 Å². The highest BCUT2D eigenvalue weighted by Gasteiger charge is 2.33. The van der Waals surface area contributed by atoms with E-state index in [9.17, 15) is 4.79 Å². The van der Waals surface area contributed by atoms with E-state index in [0.29, 0.717) is 5.92 Å². The van der Waals surface area contributed by atoms with E-state index in [0.717, 1.165) is 36.7 Å². The molecular formula is C17H28N4O. The van der Waals surface area contributed by atoms with Crippen LogP contribution in [0.15, 0.2) is 6.07 Å². The second-order valence-corrected chi connectivity index (χ2v) is 6.90. The third kappa shape index (κ3) is 3.39. The van der Waals surface area contributed by atoms with Gasteiger partial charge in [-0.3, -0.25) is 4.79 Å². The summed E-state index contributed by atoms with van der Waals surface area (Å²) in [6.45, 7) is 9.38. The molecule has 0 spiro atoms. The number of carbonyl (C=O) groups is 1. The van der Waals surface area contributed by atoms with E-state index in [1.165, 1.54) is 0 Å². The Balaban J connectivity index is 2.40. The number of likely N-dealkylation sites (N-methyl/N-ethyl adjacent to an activating group) is 1. The van der Waals surface area contributed by atoms with Gasteiger partial charge in [-0.2, -0.15) is 0 Å². The number of rotatable bonds is 4. The average Bonchev–Trinajstić information content (AvgIpc) is 2.94. The zero-order valence-corrected chi connectivity index (χ0v) is 14.6. The van der Waals surface area contributed by atoms with Gasteiger partial charge in [-0.15, -0.1) is 0 Å². The second-order valence-electron chi connectivity index (χ2n) is 6.90. The van der Waals surface area contributed by atoms with Gasteiger partial charge < -0.3 is 9.80 Å². The Morgan fingerprint density at radius 1 is 1.23 bits per heavy atom. The summed E-state index contributed by atoms with van der Waals surface area (Å²) in [4.78, 5) is 25.6. The Hall–Kier alpha value is -1.65. The first-order chi connectivity index (χ1) is 10.3. The summed E-state index contributed by atoms with van der Waals surface area (Å²) < 4.78 is 0. The third-order valence-electron chi connectivity index (χ3n) is 4.13. The number of amides is 1. The highest BCUT2D eigenvalue weighted by molar-refractivity contribution is 5.85. The molecule has 0 aliphatic carbocycles.